The first-order valence-corrected chi connectivity index (χ1v) is 10.0. The highest BCUT2D eigenvalue weighted by molar-refractivity contribution is 5.93. The monoisotopic (exact) mass is 383 g/mol. The predicted molar refractivity (Wildman–Crippen MR) is 111 cm³/mol. The molecule has 0 atom stereocenters. The molecule has 0 radical (unpaired) electrons. The number of ether oxygens (including phenoxy) is 1. The van der Waals surface area contributed by atoms with Gasteiger partial charge in [-0.15, -0.1) is 0 Å². The third kappa shape index (κ3) is 4.98. The lowest BCUT2D eigenvalue weighted by molar-refractivity contribution is 0.0749. The Balaban J connectivity index is 1.79. The fourth-order valence-corrected chi connectivity index (χ4v) is 3.36. The van der Waals surface area contributed by atoms with Crippen LogP contribution >= 0.6 is 0 Å². The van der Waals surface area contributed by atoms with E-state index in [9.17, 15) is 4.79 Å². The van der Waals surface area contributed by atoms with E-state index in [2.05, 4.69) is 40.1 Å². The summed E-state index contributed by atoms with van der Waals surface area (Å²) in [6, 6.07) is 9.86. The van der Waals surface area contributed by atoms with Crippen LogP contribution in [-0.4, -0.2) is 60.2 Å². The number of aromatic nitrogens is 2. The number of benzene rings is 1. The molecular formula is C21H29N5O2. The molecule has 2 heterocycles. The molecule has 150 valence electrons. The fourth-order valence-electron chi connectivity index (χ4n) is 3.36. The number of hydrogen-bond donors (Lipinski definition) is 1. The molecule has 7 heteroatoms. The van der Waals surface area contributed by atoms with Crippen molar-refractivity contribution in [3.8, 4) is 0 Å². The molecule has 0 unspecified atom stereocenters. The average molecular weight is 383 g/mol. The summed E-state index contributed by atoms with van der Waals surface area (Å²) in [5.74, 6) is 0.572. The zero-order chi connectivity index (χ0) is 19.8. The van der Waals surface area contributed by atoms with Crippen molar-refractivity contribution >= 4 is 23.1 Å². The third-order valence-electron chi connectivity index (χ3n) is 4.68. The highest BCUT2D eigenvalue weighted by Crippen LogP contribution is 2.28. The van der Waals surface area contributed by atoms with Crippen molar-refractivity contribution in [3.05, 3.63) is 42.4 Å². The largest absolute Gasteiger partial charge is 0.378 e. The van der Waals surface area contributed by atoms with Crippen LogP contribution in [0.3, 0.4) is 0 Å². The van der Waals surface area contributed by atoms with E-state index < -0.39 is 0 Å². The molecule has 1 aromatic carbocycles. The Labute approximate surface area is 166 Å². The van der Waals surface area contributed by atoms with Crippen LogP contribution in [0, 0.1) is 0 Å². The first-order valence-electron chi connectivity index (χ1n) is 10.0. The van der Waals surface area contributed by atoms with Crippen LogP contribution < -0.4 is 10.2 Å². The number of anilines is 3. The van der Waals surface area contributed by atoms with Gasteiger partial charge in [0.25, 0.3) is 5.91 Å². The van der Waals surface area contributed by atoms with Gasteiger partial charge in [-0.2, -0.15) is 0 Å². The predicted octanol–water partition coefficient (Wildman–Crippen LogP) is 3.32. The van der Waals surface area contributed by atoms with Gasteiger partial charge in [0.2, 0.25) is 0 Å². The SMILES string of the molecule is CCCN(CCC)C(=O)c1cc(Nc2ccccc2N2CCOCC2)ncn1. The van der Waals surface area contributed by atoms with Gasteiger partial charge in [0.1, 0.15) is 17.8 Å². The maximum atomic E-state index is 12.8. The lowest BCUT2D eigenvalue weighted by Gasteiger charge is -2.30. The van der Waals surface area contributed by atoms with Crippen LogP contribution in [-0.2, 0) is 4.74 Å². The Bertz CT molecular complexity index is 771. The first-order chi connectivity index (χ1) is 13.7. The van der Waals surface area contributed by atoms with E-state index in [0.29, 0.717) is 11.5 Å². The Morgan fingerprint density at radius 3 is 2.57 bits per heavy atom. The number of carbonyl (C=O) groups excluding carboxylic acids is 1. The zero-order valence-electron chi connectivity index (χ0n) is 16.7. The van der Waals surface area contributed by atoms with Crippen molar-refractivity contribution in [2.24, 2.45) is 0 Å². The molecule has 0 spiro atoms. The lowest BCUT2D eigenvalue weighted by Crippen LogP contribution is -2.36. The molecule has 3 rings (SSSR count). The average Bonchev–Trinajstić information content (AvgIpc) is 2.74. The van der Waals surface area contributed by atoms with Crippen molar-refractivity contribution in [3.63, 3.8) is 0 Å². The standard InChI is InChI=1S/C21H29N5O2/c1-3-9-26(10-4-2)21(27)18-15-20(23-16-22-18)24-17-7-5-6-8-19(17)25-11-13-28-14-12-25/h5-8,15-16H,3-4,9-14H2,1-2H3,(H,22,23,24). The van der Waals surface area contributed by atoms with Crippen LogP contribution in [0.15, 0.2) is 36.7 Å². The fraction of sp³-hybridized carbons (Fsp3) is 0.476. The van der Waals surface area contributed by atoms with Gasteiger partial charge in [-0.3, -0.25) is 4.79 Å². The van der Waals surface area contributed by atoms with E-state index in [4.69, 9.17) is 4.74 Å². The summed E-state index contributed by atoms with van der Waals surface area (Å²) in [5, 5.41) is 3.36. The number of amides is 1. The minimum absolute atomic E-state index is 0.0457. The molecule has 1 amide bonds. The summed E-state index contributed by atoms with van der Waals surface area (Å²) in [5.41, 5.74) is 2.49. The highest BCUT2D eigenvalue weighted by Gasteiger charge is 2.18. The van der Waals surface area contributed by atoms with Gasteiger partial charge in [-0.05, 0) is 25.0 Å². The van der Waals surface area contributed by atoms with Gasteiger partial charge >= 0.3 is 0 Å². The molecule has 2 aromatic rings. The number of hydrogen-bond acceptors (Lipinski definition) is 6. The van der Waals surface area contributed by atoms with E-state index in [1.807, 2.05) is 23.1 Å². The Kier molecular flexibility index (Phi) is 7.19. The van der Waals surface area contributed by atoms with Crippen LogP contribution in [0.5, 0.6) is 0 Å². The molecule has 1 saturated heterocycles. The van der Waals surface area contributed by atoms with Gasteiger partial charge in [-0.1, -0.05) is 26.0 Å². The van der Waals surface area contributed by atoms with Crippen LogP contribution in [0.1, 0.15) is 37.2 Å². The molecule has 1 N–H and O–H groups in total. The number of para-hydroxylation sites is 2. The Morgan fingerprint density at radius 2 is 1.86 bits per heavy atom. The molecule has 0 saturated carbocycles. The van der Waals surface area contributed by atoms with Crippen molar-refractivity contribution in [2.75, 3.05) is 49.6 Å². The second-order valence-electron chi connectivity index (χ2n) is 6.82. The summed E-state index contributed by atoms with van der Waals surface area (Å²) in [7, 11) is 0. The van der Waals surface area contributed by atoms with E-state index in [0.717, 1.165) is 63.6 Å². The first kappa shape index (κ1) is 20.1. The number of nitrogens with one attached hydrogen (secondary N) is 1. The summed E-state index contributed by atoms with van der Waals surface area (Å²) < 4.78 is 5.46. The molecule has 28 heavy (non-hydrogen) atoms. The minimum atomic E-state index is -0.0457. The Hall–Kier alpha value is -2.67. The van der Waals surface area contributed by atoms with E-state index in [-0.39, 0.29) is 5.91 Å². The number of nitrogens with zero attached hydrogens (tertiary/aromatic N) is 4. The summed E-state index contributed by atoms with van der Waals surface area (Å²) >= 11 is 0. The smallest absolute Gasteiger partial charge is 0.272 e. The summed E-state index contributed by atoms with van der Waals surface area (Å²) in [6.45, 7) is 8.79. The molecule has 1 aliphatic heterocycles. The van der Waals surface area contributed by atoms with E-state index >= 15 is 0 Å². The van der Waals surface area contributed by atoms with Crippen LogP contribution in [0.2, 0.25) is 0 Å². The number of rotatable bonds is 8. The van der Waals surface area contributed by atoms with Gasteiger partial charge in [0.05, 0.1) is 24.6 Å². The molecule has 0 bridgehead atoms. The molecule has 7 nitrogen and oxygen atoms in total. The van der Waals surface area contributed by atoms with Crippen LogP contribution in [0.25, 0.3) is 0 Å². The van der Waals surface area contributed by atoms with Crippen molar-refractivity contribution in [2.45, 2.75) is 26.7 Å². The van der Waals surface area contributed by atoms with Crippen molar-refractivity contribution in [1.82, 2.24) is 14.9 Å². The van der Waals surface area contributed by atoms with Gasteiger partial charge < -0.3 is 19.9 Å². The number of carbonyl (C=O) groups is 1. The summed E-state index contributed by atoms with van der Waals surface area (Å²) in [6.07, 6.45) is 3.30. The van der Waals surface area contributed by atoms with Crippen LogP contribution in [0.4, 0.5) is 17.2 Å². The van der Waals surface area contributed by atoms with Crippen molar-refractivity contribution in [1.29, 1.82) is 0 Å². The zero-order valence-corrected chi connectivity index (χ0v) is 16.7. The topological polar surface area (TPSA) is 70.6 Å². The van der Waals surface area contributed by atoms with Crippen molar-refractivity contribution < 1.29 is 9.53 Å². The summed E-state index contributed by atoms with van der Waals surface area (Å²) in [4.78, 5) is 25.5. The second-order valence-corrected chi connectivity index (χ2v) is 6.82. The molecule has 1 fully saturated rings. The minimum Gasteiger partial charge on any atom is -0.378 e. The molecule has 1 aromatic heterocycles. The normalized spacial score (nSPS) is 14.0. The number of morpholine rings is 1. The van der Waals surface area contributed by atoms with Gasteiger partial charge in [0, 0.05) is 32.2 Å². The maximum Gasteiger partial charge on any atom is 0.272 e. The van der Waals surface area contributed by atoms with Gasteiger partial charge in [0.15, 0.2) is 0 Å². The Morgan fingerprint density at radius 1 is 1.14 bits per heavy atom. The molecule has 1 aliphatic rings. The van der Waals surface area contributed by atoms with E-state index in [1.165, 1.54) is 6.33 Å². The molecule has 0 aliphatic carbocycles. The van der Waals surface area contributed by atoms with E-state index in [1.54, 1.807) is 6.07 Å². The quantitative estimate of drug-likeness (QED) is 0.754. The molecular weight excluding hydrogens is 354 g/mol. The second kappa shape index (κ2) is 10.0. The maximum absolute atomic E-state index is 12.8. The third-order valence-corrected chi connectivity index (χ3v) is 4.68. The van der Waals surface area contributed by atoms with Gasteiger partial charge in [-0.25, -0.2) is 9.97 Å². The lowest BCUT2D eigenvalue weighted by atomic mass is 10.2. The highest BCUT2D eigenvalue weighted by atomic mass is 16.5.